The lowest BCUT2D eigenvalue weighted by Crippen LogP contribution is -2.14. The van der Waals surface area contributed by atoms with Gasteiger partial charge in [0.05, 0.1) is 13.2 Å². The van der Waals surface area contributed by atoms with Crippen LogP contribution in [0.3, 0.4) is 0 Å². The minimum Gasteiger partial charge on any atom is -0.496 e. The first-order valence-electron chi connectivity index (χ1n) is 6.64. The van der Waals surface area contributed by atoms with Gasteiger partial charge in [-0.25, -0.2) is 0 Å². The van der Waals surface area contributed by atoms with Gasteiger partial charge < -0.3 is 9.84 Å². The van der Waals surface area contributed by atoms with E-state index in [0.29, 0.717) is 12.8 Å². The van der Waals surface area contributed by atoms with E-state index in [2.05, 4.69) is 22.0 Å². The molecular formula is C17H19BrO2. The molecule has 0 saturated carbocycles. The predicted octanol–water partition coefficient (Wildman–Crippen LogP) is 3.91. The molecule has 2 rings (SSSR count). The smallest absolute Gasteiger partial charge is 0.122 e. The van der Waals surface area contributed by atoms with Gasteiger partial charge in [0, 0.05) is 10.9 Å². The molecule has 0 aliphatic rings. The zero-order valence-corrected chi connectivity index (χ0v) is 13.4. The maximum absolute atomic E-state index is 10.3. The van der Waals surface area contributed by atoms with Crippen molar-refractivity contribution < 1.29 is 9.84 Å². The monoisotopic (exact) mass is 334 g/mol. The Hall–Kier alpha value is -1.32. The average molecular weight is 335 g/mol. The Morgan fingerprint density at radius 3 is 2.45 bits per heavy atom. The fourth-order valence-electron chi connectivity index (χ4n) is 2.29. The van der Waals surface area contributed by atoms with Crippen LogP contribution in [0.15, 0.2) is 46.9 Å². The Bertz CT molecular complexity index is 564. The van der Waals surface area contributed by atoms with Crippen molar-refractivity contribution in [3.63, 3.8) is 0 Å². The topological polar surface area (TPSA) is 29.5 Å². The molecule has 0 bridgehead atoms. The van der Waals surface area contributed by atoms with E-state index in [1.165, 1.54) is 5.56 Å². The fourth-order valence-corrected chi connectivity index (χ4v) is 2.55. The molecule has 0 radical (unpaired) electrons. The molecule has 3 heteroatoms. The summed E-state index contributed by atoms with van der Waals surface area (Å²) in [5.74, 6) is 0.838. The highest BCUT2D eigenvalue weighted by molar-refractivity contribution is 9.10. The second kappa shape index (κ2) is 6.91. The summed E-state index contributed by atoms with van der Waals surface area (Å²) in [4.78, 5) is 0. The second-order valence-corrected chi connectivity index (χ2v) is 5.92. The number of hydrogen-bond acceptors (Lipinski definition) is 2. The van der Waals surface area contributed by atoms with Crippen LogP contribution in [-0.4, -0.2) is 18.3 Å². The zero-order chi connectivity index (χ0) is 14.5. The molecule has 1 unspecified atom stereocenters. The molecule has 2 aromatic carbocycles. The van der Waals surface area contributed by atoms with Crippen LogP contribution in [0.25, 0.3) is 0 Å². The van der Waals surface area contributed by atoms with Crippen LogP contribution in [0.4, 0.5) is 0 Å². The van der Waals surface area contributed by atoms with Crippen molar-refractivity contribution in [1.82, 2.24) is 0 Å². The first-order chi connectivity index (χ1) is 9.58. The summed E-state index contributed by atoms with van der Waals surface area (Å²) < 4.78 is 6.40. The minimum absolute atomic E-state index is 0.410. The number of rotatable bonds is 5. The lowest BCUT2D eigenvalue weighted by Gasteiger charge is -2.14. The van der Waals surface area contributed by atoms with Crippen LogP contribution >= 0.6 is 15.9 Å². The molecule has 20 heavy (non-hydrogen) atoms. The molecule has 0 fully saturated rings. The molecule has 0 amide bonds. The van der Waals surface area contributed by atoms with Crippen molar-refractivity contribution in [3.8, 4) is 5.75 Å². The third-order valence-electron chi connectivity index (χ3n) is 3.28. The normalized spacial score (nSPS) is 12.2. The average Bonchev–Trinajstić information content (AvgIpc) is 2.41. The number of benzene rings is 2. The molecule has 1 N–H and O–H groups in total. The number of aliphatic hydroxyl groups excluding tert-OH is 1. The summed E-state index contributed by atoms with van der Waals surface area (Å²) in [5.41, 5.74) is 3.36. The highest BCUT2D eigenvalue weighted by atomic mass is 79.9. The standard InChI is InChI=1S/C17H19BrO2/c1-12-3-8-17(20-2)14(9-12)11-16(19)10-13-4-6-15(18)7-5-13/h3-9,16,19H,10-11H2,1-2H3. The van der Waals surface area contributed by atoms with E-state index in [1.807, 2.05) is 43.3 Å². The third-order valence-corrected chi connectivity index (χ3v) is 3.80. The quantitative estimate of drug-likeness (QED) is 0.898. The van der Waals surface area contributed by atoms with Crippen molar-refractivity contribution in [2.24, 2.45) is 0 Å². The second-order valence-electron chi connectivity index (χ2n) is 5.00. The molecule has 0 spiro atoms. The van der Waals surface area contributed by atoms with Crippen LogP contribution in [0.1, 0.15) is 16.7 Å². The molecule has 1 atom stereocenters. The minimum atomic E-state index is -0.410. The maximum Gasteiger partial charge on any atom is 0.122 e. The number of methoxy groups -OCH3 is 1. The van der Waals surface area contributed by atoms with Crippen molar-refractivity contribution in [1.29, 1.82) is 0 Å². The molecule has 0 heterocycles. The summed E-state index contributed by atoms with van der Waals surface area (Å²) in [7, 11) is 1.66. The number of ether oxygens (including phenoxy) is 1. The Labute approximate surface area is 128 Å². The summed E-state index contributed by atoms with van der Waals surface area (Å²) in [5, 5.41) is 10.3. The molecule has 0 saturated heterocycles. The van der Waals surface area contributed by atoms with Gasteiger partial charge in [0.1, 0.15) is 5.75 Å². The van der Waals surface area contributed by atoms with Gasteiger partial charge in [-0.1, -0.05) is 45.8 Å². The summed E-state index contributed by atoms with van der Waals surface area (Å²) in [6.45, 7) is 2.05. The van der Waals surface area contributed by atoms with Crippen LogP contribution in [0, 0.1) is 6.92 Å². The zero-order valence-electron chi connectivity index (χ0n) is 11.8. The van der Waals surface area contributed by atoms with E-state index in [-0.39, 0.29) is 0 Å². The lowest BCUT2D eigenvalue weighted by atomic mass is 9.99. The van der Waals surface area contributed by atoms with Crippen molar-refractivity contribution in [3.05, 3.63) is 63.6 Å². The predicted molar refractivity (Wildman–Crippen MR) is 85.3 cm³/mol. The molecule has 2 nitrogen and oxygen atoms in total. The molecule has 106 valence electrons. The van der Waals surface area contributed by atoms with Crippen molar-refractivity contribution in [2.45, 2.75) is 25.9 Å². The number of halogens is 1. The number of aliphatic hydroxyl groups is 1. The van der Waals surface area contributed by atoms with E-state index in [0.717, 1.165) is 21.3 Å². The van der Waals surface area contributed by atoms with E-state index < -0.39 is 6.10 Å². The molecular weight excluding hydrogens is 316 g/mol. The third kappa shape index (κ3) is 4.09. The number of aryl methyl sites for hydroxylation is 1. The van der Waals surface area contributed by atoms with E-state index in [1.54, 1.807) is 7.11 Å². The van der Waals surface area contributed by atoms with Crippen LogP contribution in [0.2, 0.25) is 0 Å². The van der Waals surface area contributed by atoms with E-state index in [9.17, 15) is 5.11 Å². The Balaban J connectivity index is 2.05. The van der Waals surface area contributed by atoms with Gasteiger partial charge in [0.2, 0.25) is 0 Å². The van der Waals surface area contributed by atoms with Gasteiger partial charge in [-0.05, 0) is 42.7 Å². The molecule has 0 aliphatic heterocycles. The molecule has 2 aromatic rings. The first kappa shape index (κ1) is 15.1. The summed E-state index contributed by atoms with van der Waals surface area (Å²) in [6, 6.07) is 14.1. The Kier molecular flexibility index (Phi) is 5.21. The molecule has 0 aromatic heterocycles. The first-order valence-corrected chi connectivity index (χ1v) is 7.44. The van der Waals surface area contributed by atoms with Gasteiger partial charge in [-0.15, -0.1) is 0 Å². The molecule has 0 aliphatic carbocycles. The number of hydrogen-bond donors (Lipinski definition) is 1. The highest BCUT2D eigenvalue weighted by Gasteiger charge is 2.11. The van der Waals surface area contributed by atoms with Gasteiger partial charge in [0.25, 0.3) is 0 Å². The summed E-state index contributed by atoms with van der Waals surface area (Å²) in [6.07, 6.45) is 0.831. The Morgan fingerprint density at radius 2 is 1.80 bits per heavy atom. The van der Waals surface area contributed by atoms with Crippen molar-refractivity contribution >= 4 is 15.9 Å². The van der Waals surface area contributed by atoms with Crippen LogP contribution in [-0.2, 0) is 12.8 Å². The lowest BCUT2D eigenvalue weighted by molar-refractivity contribution is 0.174. The maximum atomic E-state index is 10.3. The van der Waals surface area contributed by atoms with Crippen LogP contribution in [0.5, 0.6) is 5.75 Å². The van der Waals surface area contributed by atoms with Gasteiger partial charge in [-0.2, -0.15) is 0 Å². The van der Waals surface area contributed by atoms with Gasteiger partial charge in [0.15, 0.2) is 0 Å². The van der Waals surface area contributed by atoms with Gasteiger partial charge >= 0.3 is 0 Å². The fraction of sp³-hybridized carbons (Fsp3) is 0.294. The van der Waals surface area contributed by atoms with Gasteiger partial charge in [-0.3, -0.25) is 0 Å². The largest absolute Gasteiger partial charge is 0.496 e. The SMILES string of the molecule is COc1ccc(C)cc1CC(O)Cc1ccc(Br)cc1. The van der Waals surface area contributed by atoms with Crippen molar-refractivity contribution in [2.75, 3.05) is 7.11 Å². The summed E-state index contributed by atoms with van der Waals surface area (Å²) >= 11 is 3.41. The van der Waals surface area contributed by atoms with Crippen LogP contribution < -0.4 is 4.74 Å². The highest BCUT2D eigenvalue weighted by Crippen LogP contribution is 2.22. The Morgan fingerprint density at radius 1 is 1.10 bits per heavy atom. The van der Waals surface area contributed by atoms with E-state index >= 15 is 0 Å². The van der Waals surface area contributed by atoms with E-state index in [4.69, 9.17) is 4.74 Å².